The number of pyridine rings is 1. The molecule has 110 valence electrons. The topological polar surface area (TPSA) is 62.2 Å². The number of nitrogens with zero attached hydrogens (tertiary/aromatic N) is 1. The Morgan fingerprint density at radius 1 is 1.52 bits per heavy atom. The number of aliphatic hydroxyl groups is 1. The van der Waals surface area contributed by atoms with E-state index in [0.717, 1.165) is 11.1 Å². The molecule has 1 atom stereocenters. The van der Waals surface area contributed by atoms with E-state index in [4.69, 9.17) is 11.6 Å². The van der Waals surface area contributed by atoms with Crippen LogP contribution in [0.5, 0.6) is 0 Å². The highest BCUT2D eigenvalue weighted by atomic mass is 35.5. The van der Waals surface area contributed by atoms with Crippen LogP contribution in [-0.2, 0) is 10.4 Å². The van der Waals surface area contributed by atoms with Crippen LogP contribution in [0.4, 0.5) is 0 Å². The lowest BCUT2D eigenvalue weighted by Gasteiger charge is -2.22. The number of rotatable bonds is 5. The number of aromatic nitrogens is 1. The van der Waals surface area contributed by atoms with Crippen LogP contribution in [0.3, 0.4) is 0 Å². The van der Waals surface area contributed by atoms with Crippen LogP contribution in [0.2, 0.25) is 5.15 Å². The Morgan fingerprint density at radius 2 is 2.33 bits per heavy atom. The lowest BCUT2D eigenvalue weighted by Crippen LogP contribution is -2.37. The van der Waals surface area contributed by atoms with Gasteiger partial charge in [0.25, 0.3) is 0 Å². The summed E-state index contributed by atoms with van der Waals surface area (Å²) in [5.41, 5.74) is 0.489. The molecule has 1 amide bonds. The fraction of sp³-hybridized carbons (Fsp3) is 0.200. The van der Waals surface area contributed by atoms with Crippen LogP contribution in [0.1, 0.15) is 18.1 Å². The van der Waals surface area contributed by atoms with Gasteiger partial charge in [0.05, 0.1) is 6.54 Å². The van der Waals surface area contributed by atoms with Crippen molar-refractivity contribution in [1.29, 1.82) is 0 Å². The molecule has 2 N–H and O–H groups in total. The molecule has 2 aromatic rings. The van der Waals surface area contributed by atoms with Crippen LogP contribution in [0.25, 0.3) is 6.08 Å². The highest BCUT2D eigenvalue weighted by Gasteiger charge is 2.23. The summed E-state index contributed by atoms with van der Waals surface area (Å²) in [6.45, 7) is 1.81. The van der Waals surface area contributed by atoms with Gasteiger partial charge in [0.1, 0.15) is 10.8 Å². The van der Waals surface area contributed by atoms with Crippen LogP contribution in [0, 0.1) is 0 Å². The number of nitrogens with one attached hydrogen (secondary N) is 1. The molecular weight excluding hydrogens is 308 g/mol. The first-order chi connectivity index (χ1) is 9.97. The standard InChI is InChI=1S/C15H15ClN2O2S/c1-15(20,12-6-7-21-9-12)10-18-14(19)5-3-11-2-4-13(16)17-8-11/h2-9,20H,10H2,1H3,(H,18,19)/b5-3+. The molecule has 2 rings (SSSR count). The van der Waals surface area contributed by atoms with Gasteiger partial charge in [-0.25, -0.2) is 4.98 Å². The number of halogens is 1. The van der Waals surface area contributed by atoms with E-state index in [1.54, 1.807) is 31.3 Å². The van der Waals surface area contributed by atoms with E-state index in [1.807, 2.05) is 16.8 Å². The Bertz CT molecular complexity index is 622. The average Bonchev–Trinajstić information content (AvgIpc) is 3.00. The summed E-state index contributed by atoms with van der Waals surface area (Å²) in [5.74, 6) is -0.277. The van der Waals surface area contributed by atoms with Gasteiger partial charge < -0.3 is 10.4 Å². The Balaban J connectivity index is 1.89. The molecule has 6 heteroatoms. The summed E-state index contributed by atoms with van der Waals surface area (Å²) in [6, 6.07) is 5.26. The minimum Gasteiger partial charge on any atom is -0.384 e. The maximum absolute atomic E-state index is 11.7. The third-order valence-electron chi connectivity index (χ3n) is 2.93. The molecule has 21 heavy (non-hydrogen) atoms. The van der Waals surface area contributed by atoms with Crippen LogP contribution >= 0.6 is 22.9 Å². The van der Waals surface area contributed by atoms with E-state index in [2.05, 4.69) is 10.3 Å². The van der Waals surface area contributed by atoms with Gasteiger partial charge in [0.15, 0.2) is 0 Å². The monoisotopic (exact) mass is 322 g/mol. The van der Waals surface area contributed by atoms with E-state index in [-0.39, 0.29) is 12.5 Å². The third kappa shape index (κ3) is 4.67. The molecule has 0 aromatic carbocycles. The molecule has 1 unspecified atom stereocenters. The van der Waals surface area contributed by atoms with E-state index in [1.165, 1.54) is 17.4 Å². The quantitative estimate of drug-likeness (QED) is 0.657. The molecule has 0 radical (unpaired) electrons. The maximum atomic E-state index is 11.7. The molecule has 0 saturated carbocycles. The van der Waals surface area contributed by atoms with E-state index in [0.29, 0.717) is 5.15 Å². The lowest BCUT2D eigenvalue weighted by molar-refractivity contribution is -0.117. The van der Waals surface area contributed by atoms with Crippen molar-refractivity contribution in [3.63, 3.8) is 0 Å². The lowest BCUT2D eigenvalue weighted by atomic mass is 9.99. The first kappa shape index (κ1) is 15.7. The molecule has 0 spiro atoms. The van der Waals surface area contributed by atoms with Gasteiger partial charge in [-0.3, -0.25) is 4.79 Å². The van der Waals surface area contributed by atoms with E-state index < -0.39 is 5.60 Å². The zero-order valence-electron chi connectivity index (χ0n) is 11.4. The van der Waals surface area contributed by atoms with Gasteiger partial charge in [-0.1, -0.05) is 17.7 Å². The number of carbonyl (C=O) groups is 1. The van der Waals surface area contributed by atoms with Crippen molar-refractivity contribution in [1.82, 2.24) is 10.3 Å². The van der Waals surface area contributed by atoms with Gasteiger partial charge in [0.2, 0.25) is 5.91 Å². The molecule has 4 nitrogen and oxygen atoms in total. The number of amides is 1. The van der Waals surface area contributed by atoms with E-state index >= 15 is 0 Å². The summed E-state index contributed by atoms with van der Waals surface area (Å²) in [6.07, 6.45) is 4.61. The first-order valence-corrected chi connectivity index (χ1v) is 7.62. The number of thiophene rings is 1. The number of hydrogen-bond acceptors (Lipinski definition) is 4. The Kier molecular flexibility index (Phi) is 5.12. The highest BCUT2D eigenvalue weighted by molar-refractivity contribution is 7.08. The van der Waals surface area contributed by atoms with Gasteiger partial charge in [-0.05, 0) is 47.0 Å². The van der Waals surface area contributed by atoms with Crippen molar-refractivity contribution in [3.8, 4) is 0 Å². The Hall–Kier alpha value is -1.69. The van der Waals surface area contributed by atoms with Gasteiger partial charge >= 0.3 is 0 Å². The molecule has 0 aliphatic heterocycles. The summed E-state index contributed by atoms with van der Waals surface area (Å²) >= 11 is 7.19. The van der Waals surface area contributed by atoms with Crippen molar-refractivity contribution < 1.29 is 9.90 Å². The smallest absolute Gasteiger partial charge is 0.244 e. The molecular formula is C15H15ClN2O2S. The SMILES string of the molecule is CC(O)(CNC(=O)/C=C/c1ccc(Cl)nc1)c1ccsc1. The van der Waals surface area contributed by atoms with Crippen molar-refractivity contribution in [2.24, 2.45) is 0 Å². The maximum Gasteiger partial charge on any atom is 0.244 e. The molecule has 2 heterocycles. The number of hydrogen-bond donors (Lipinski definition) is 2. The predicted octanol–water partition coefficient (Wildman–Crippen LogP) is 2.83. The zero-order valence-corrected chi connectivity index (χ0v) is 13.0. The van der Waals surface area contributed by atoms with Gasteiger partial charge in [-0.2, -0.15) is 11.3 Å². The third-order valence-corrected chi connectivity index (χ3v) is 3.83. The summed E-state index contributed by atoms with van der Waals surface area (Å²) in [7, 11) is 0. The summed E-state index contributed by atoms with van der Waals surface area (Å²) < 4.78 is 0. The number of carbonyl (C=O) groups excluding carboxylic acids is 1. The fourth-order valence-electron chi connectivity index (χ4n) is 1.65. The first-order valence-electron chi connectivity index (χ1n) is 6.30. The Labute approximate surface area is 132 Å². The van der Waals surface area contributed by atoms with Crippen molar-refractivity contribution in [2.75, 3.05) is 6.54 Å². The highest BCUT2D eigenvalue weighted by Crippen LogP contribution is 2.21. The molecule has 0 bridgehead atoms. The van der Waals surface area contributed by atoms with Gasteiger partial charge in [-0.15, -0.1) is 0 Å². The van der Waals surface area contributed by atoms with Crippen LogP contribution < -0.4 is 5.32 Å². The molecule has 2 aromatic heterocycles. The molecule has 0 fully saturated rings. The second kappa shape index (κ2) is 6.85. The second-order valence-electron chi connectivity index (χ2n) is 4.75. The van der Waals surface area contributed by atoms with Crippen LogP contribution in [-0.4, -0.2) is 22.5 Å². The minimum atomic E-state index is -1.08. The summed E-state index contributed by atoms with van der Waals surface area (Å²) in [5, 5.41) is 17.1. The summed E-state index contributed by atoms with van der Waals surface area (Å²) in [4.78, 5) is 15.7. The minimum absolute atomic E-state index is 0.145. The normalized spacial score (nSPS) is 14.0. The van der Waals surface area contributed by atoms with Crippen molar-refractivity contribution in [2.45, 2.75) is 12.5 Å². The zero-order chi connectivity index (χ0) is 15.3. The second-order valence-corrected chi connectivity index (χ2v) is 5.92. The van der Waals surface area contributed by atoms with Crippen molar-refractivity contribution in [3.05, 3.63) is 57.5 Å². The van der Waals surface area contributed by atoms with Crippen molar-refractivity contribution >= 4 is 34.9 Å². The Morgan fingerprint density at radius 3 is 2.95 bits per heavy atom. The largest absolute Gasteiger partial charge is 0.384 e. The fourth-order valence-corrected chi connectivity index (χ4v) is 2.54. The molecule has 0 saturated heterocycles. The molecule has 0 aliphatic carbocycles. The van der Waals surface area contributed by atoms with Gasteiger partial charge in [0, 0.05) is 12.3 Å². The van der Waals surface area contributed by atoms with E-state index in [9.17, 15) is 9.90 Å². The average molecular weight is 323 g/mol. The predicted molar refractivity (Wildman–Crippen MR) is 85.2 cm³/mol. The molecule has 0 aliphatic rings. The van der Waals surface area contributed by atoms with Crippen LogP contribution in [0.15, 0.2) is 41.2 Å².